The van der Waals surface area contributed by atoms with Gasteiger partial charge in [-0.1, -0.05) is 90.9 Å². The second-order valence-electron chi connectivity index (χ2n) is 7.82. The lowest BCUT2D eigenvalue weighted by atomic mass is 10.0. The maximum Gasteiger partial charge on any atom is 0.178 e. The molecule has 0 aromatic carbocycles. The minimum Gasteiger partial charge on any atom is -0.202 e. The van der Waals surface area contributed by atoms with E-state index in [9.17, 15) is 0 Å². The molecule has 0 unspecified atom stereocenters. The maximum atomic E-state index is 2.44. The third-order valence-corrected chi connectivity index (χ3v) is 5.47. The minimum atomic E-state index is 1.14. The topological polar surface area (TPSA) is 3.88 Å². The summed E-state index contributed by atoms with van der Waals surface area (Å²) in [7, 11) is 0. The Balaban J connectivity index is 1.89. The van der Waals surface area contributed by atoms with Crippen molar-refractivity contribution in [3.8, 4) is 0 Å². The van der Waals surface area contributed by atoms with Gasteiger partial charge in [0, 0.05) is 25.0 Å². The number of hydrogen-bond acceptors (Lipinski definition) is 0. The average Bonchev–Trinajstić information content (AvgIpc) is 2.63. The molecule has 0 saturated heterocycles. The Morgan fingerprint density at radius 2 is 1.12 bits per heavy atom. The Morgan fingerprint density at radius 1 is 0.640 bits per heavy atom. The van der Waals surface area contributed by atoms with Gasteiger partial charge in [-0.25, -0.2) is 4.57 Å². The molecule has 1 nitrogen and oxygen atoms in total. The molecule has 0 aliphatic carbocycles. The SMILES string of the molecule is CCCCCCCCCCCCCCCC[n+]1cc(CC)ccc1C. The summed E-state index contributed by atoms with van der Waals surface area (Å²) < 4.78 is 2.44. The summed E-state index contributed by atoms with van der Waals surface area (Å²) in [6.07, 6.45) is 23.6. The number of rotatable bonds is 16. The first-order chi connectivity index (χ1) is 12.3. The maximum absolute atomic E-state index is 2.44. The summed E-state index contributed by atoms with van der Waals surface area (Å²) in [4.78, 5) is 0. The van der Waals surface area contributed by atoms with Gasteiger partial charge in [0.2, 0.25) is 0 Å². The van der Waals surface area contributed by atoms with Crippen LogP contribution in [0.25, 0.3) is 0 Å². The fourth-order valence-corrected chi connectivity index (χ4v) is 3.60. The number of aryl methyl sites for hydroxylation is 3. The van der Waals surface area contributed by atoms with Gasteiger partial charge in [0.25, 0.3) is 0 Å². The van der Waals surface area contributed by atoms with E-state index in [1.54, 1.807) is 0 Å². The van der Waals surface area contributed by atoms with Crippen molar-refractivity contribution >= 4 is 0 Å². The van der Waals surface area contributed by atoms with Gasteiger partial charge in [0.15, 0.2) is 11.9 Å². The molecule has 0 amide bonds. The van der Waals surface area contributed by atoms with Crippen LogP contribution in [-0.4, -0.2) is 0 Å². The van der Waals surface area contributed by atoms with Gasteiger partial charge in [-0.2, -0.15) is 0 Å². The molecule has 144 valence electrons. The molecular weight excluding hydrogens is 302 g/mol. The Labute approximate surface area is 158 Å². The summed E-state index contributed by atoms with van der Waals surface area (Å²) in [6, 6.07) is 4.53. The molecule has 25 heavy (non-hydrogen) atoms. The van der Waals surface area contributed by atoms with Gasteiger partial charge in [-0.15, -0.1) is 0 Å². The summed E-state index contributed by atoms with van der Waals surface area (Å²) in [5, 5.41) is 0. The van der Waals surface area contributed by atoms with Crippen LogP contribution in [0.5, 0.6) is 0 Å². The van der Waals surface area contributed by atoms with E-state index in [1.165, 1.54) is 108 Å². The van der Waals surface area contributed by atoms with Crippen LogP contribution in [-0.2, 0) is 13.0 Å². The molecule has 1 aromatic rings. The van der Waals surface area contributed by atoms with Crippen LogP contribution in [0.1, 0.15) is 115 Å². The summed E-state index contributed by atoms with van der Waals surface area (Å²) >= 11 is 0. The van der Waals surface area contributed by atoms with Crippen molar-refractivity contribution < 1.29 is 4.57 Å². The van der Waals surface area contributed by atoms with E-state index in [0.717, 1.165) is 6.42 Å². The van der Waals surface area contributed by atoms with Crippen LogP contribution in [0.2, 0.25) is 0 Å². The normalized spacial score (nSPS) is 11.2. The summed E-state index contributed by atoms with van der Waals surface area (Å²) in [5.74, 6) is 0. The Hall–Kier alpha value is -0.850. The number of nitrogens with zero attached hydrogens (tertiary/aromatic N) is 1. The van der Waals surface area contributed by atoms with Gasteiger partial charge in [0.05, 0.1) is 0 Å². The zero-order chi connectivity index (χ0) is 18.2. The second kappa shape index (κ2) is 15.4. The molecule has 0 aliphatic rings. The highest BCUT2D eigenvalue weighted by Gasteiger charge is 2.06. The molecule has 0 bridgehead atoms. The fourth-order valence-electron chi connectivity index (χ4n) is 3.60. The first kappa shape index (κ1) is 22.2. The zero-order valence-corrected chi connectivity index (χ0v) is 17.5. The molecular formula is C24H44N+. The predicted molar refractivity (Wildman–Crippen MR) is 111 cm³/mol. The smallest absolute Gasteiger partial charge is 0.178 e. The molecule has 0 fully saturated rings. The van der Waals surface area contributed by atoms with E-state index < -0.39 is 0 Å². The predicted octanol–water partition coefficient (Wildman–Crippen LogP) is 7.33. The van der Waals surface area contributed by atoms with Gasteiger partial charge < -0.3 is 0 Å². The lowest BCUT2D eigenvalue weighted by Gasteiger charge is -2.04. The molecule has 0 N–H and O–H groups in total. The number of hydrogen-bond donors (Lipinski definition) is 0. The lowest BCUT2D eigenvalue weighted by Crippen LogP contribution is -2.37. The largest absolute Gasteiger partial charge is 0.202 e. The molecule has 0 radical (unpaired) electrons. The van der Waals surface area contributed by atoms with Crippen molar-refractivity contribution in [2.75, 3.05) is 0 Å². The number of unbranched alkanes of at least 4 members (excludes halogenated alkanes) is 13. The quantitative estimate of drug-likeness (QED) is 0.218. The average molecular weight is 347 g/mol. The highest BCUT2D eigenvalue weighted by Crippen LogP contribution is 2.13. The highest BCUT2D eigenvalue weighted by atomic mass is 14.9. The van der Waals surface area contributed by atoms with Crippen LogP contribution in [0, 0.1) is 6.92 Å². The van der Waals surface area contributed by atoms with Crippen molar-refractivity contribution in [2.45, 2.75) is 124 Å². The van der Waals surface area contributed by atoms with Crippen molar-refractivity contribution in [1.29, 1.82) is 0 Å². The third kappa shape index (κ3) is 11.4. The van der Waals surface area contributed by atoms with E-state index in [2.05, 4.69) is 43.7 Å². The van der Waals surface area contributed by atoms with Crippen LogP contribution in [0.4, 0.5) is 0 Å². The monoisotopic (exact) mass is 346 g/mol. The molecule has 0 aliphatic heterocycles. The van der Waals surface area contributed by atoms with Gasteiger partial charge in [0.1, 0.15) is 6.54 Å². The molecule has 1 rings (SSSR count). The van der Waals surface area contributed by atoms with Crippen molar-refractivity contribution in [3.63, 3.8) is 0 Å². The van der Waals surface area contributed by atoms with Crippen molar-refractivity contribution in [1.82, 2.24) is 0 Å². The Kier molecular flexibility index (Phi) is 13.7. The highest BCUT2D eigenvalue weighted by molar-refractivity contribution is 5.08. The van der Waals surface area contributed by atoms with Crippen molar-refractivity contribution in [3.05, 3.63) is 29.6 Å². The first-order valence-electron chi connectivity index (χ1n) is 11.3. The van der Waals surface area contributed by atoms with Gasteiger partial charge >= 0.3 is 0 Å². The van der Waals surface area contributed by atoms with Crippen LogP contribution in [0.3, 0.4) is 0 Å². The van der Waals surface area contributed by atoms with Crippen molar-refractivity contribution in [2.24, 2.45) is 0 Å². The van der Waals surface area contributed by atoms with E-state index in [0.29, 0.717) is 0 Å². The number of pyridine rings is 1. The van der Waals surface area contributed by atoms with Crippen LogP contribution < -0.4 is 4.57 Å². The van der Waals surface area contributed by atoms with E-state index in [1.807, 2.05) is 0 Å². The van der Waals surface area contributed by atoms with Gasteiger partial charge in [-0.3, -0.25) is 0 Å². The third-order valence-electron chi connectivity index (χ3n) is 5.47. The molecule has 0 atom stereocenters. The standard InChI is InChI=1S/C24H44N/c1-4-6-7-8-9-10-11-12-13-14-15-16-17-18-21-25-22-24(5-2)20-19-23(25)3/h19-20,22H,4-18,21H2,1-3H3/q+1. The Morgan fingerprint density at radius 3 is 1.60 bits per heavy atom. The first-order valence-corrected chi connectivity index (χ1v) is 11.3. The van der Waals surface area contributed by atoms with Crippen LogP contribution >= 0.6 is 0 Å². The van der Waals surface area contributed by atoms with Gasteiger partial charge in [-0.05, 0) is 18.9 Å². The van der Waals surface area contributed by atoms with Crippen LogP contribution in [0.15, 0.2) is 18.3 Å². The van der Waals surface area contributed by atoms with E-state index in [-0.39, 0.29) is 0 Å². The molecule has 1 heterocycles. The van der Waals surface area contributed by atoms with E-state index >= 15 is 0 Å². The summed E-state index contributed by atoms with van der Waals surface area (Å²) in [5.41, 5.74) is 2.85. The lowest BCUT2D eigenvalue weighted by molar-refractivity contribution is -0.703. The molecule has 0 saturated carbocycles. The molecule has 1 aromatic heterocycles. The minimum absolute atomic E-state index is 1.14. The second-order valence-corrected chi connectivity index (χ2v) is 7.82. The molecule has 0 spiro atoms. The summed E-state index contributed by atoms with van der Waals surface area (Å²) in [6.45, 7) is 7.95. The Bertz CT molecular complexity index is 424. The zero-order valence-electron chi connectivity index (χ0n) is 17.5. The molecule has 1 heteroatoms. The fraction of sp³-hybridized carbons (Fsp3) is 0.792. The van der Waals surface area contributed by atoms with E-state index in [4.69, 9.17) is 0 Å². The number of aromatic nitrogens is 1.